The zero-order valence-corrected chi connectivity index (χ0v) is 21.9. The minimum atomic E-state index is -0.975. The molecule has 0 aromatic heterocycles. The van der Waals surface area contributed by atoms with Crippen LogP contribution in [-0.4, -0.2) is 30.4 Å². The molecule has 0 saturated carbocycles. The number of benzene rings is 5. The number of nitrogens with one attached hydrogen (secondary N) is 2. The van der Waals surface area contributed by atoms with Crippen molar-refractivity contribution < 1.29 is 19.1 Å². The Kier molecular flexibility index (Phi) is 8.47. The number of ether oxygens (including phenoxy) is 1. The molecular weight excluding hydrogens is 500 g/mol. The maximum Gasteiger partial charge on any atom is 0.408 e. The third kappa shape index (κ3) is 6.53. The molecule has 2 atom stereocenters. The smallest absolute Gasteiger partial charge is 0.408 e. The average molecular weight is 530 g/mol. The highest BCUT2D eigenvalue weighted by atomic mass is 16.5. The molecule has 0 saturated heterocycles. The van der Waals surface area contributed by atoms with Crippen molar-refractivity contribution in [3.63, 3.8) is 0 Å². The van der Waals surface area contributed by atoms with E-state index in [1.54, 1.807) is 0 Å². The molecule has 1 radical (unpaired) electrons. The van der Waals surface area contributed by atoms with E-state index < -0.39 is 24.1 Å². The second-order valence-corrected chi connectivity index (χ2v) is 9.62. The van der Waals surface area contributed by atoms with Gasteiger partial charge in [-0.2, -0.15) is 0 Å². The number of carbonyl (C=O) groups excluding carboxylic acids is 3. The Morgan fingerprint density at radius 3 is 1.82 bits per heavy atom. The van der Waals surface area contributed by atoms with Crippen LogP contribution in [0.1, 0.15) is 16.7 Å². The van der Waals surface area contributed by atoms with E-state index in [1.807, 2.05) is 122 Å². The molecule has 40 heavy (non-hydrogen) atoms. The van der Waals surface area contributed by atoms with Gasteiger partial charge in [0.1, 0.15) is 12.6 Å². The number of fused-ring (bicyclic) bond motifs is 2. The maximum absolute atomic E-state index is 13.6. The lowest BCUT2D eigenvalue weighted by molar-refractivity contribution is -0.123. The predicted molar refractivity (Wildman–Crippen MR) is 156 cm³/mol. The fourth-order valence-electron chi connectivity index (χ4n) is 4.89. The minimum absolute atomic E-state index is 0.0705. The van der Waals surface area contributed by atoms with Gasteiger partial charge in [0, 0.05) is 12.8 Å². The predicted octanol–water partition coefficient (Wildman–Crippen LogP) is 5.67. The number of alkyl carbamates (subject to hydrolysis) is 1. The van der Waals surface area contributed by atoms with Gasteiger partial charge in [0.05, 0.1) is 6.04 Å². The monoisotopic (exact) mass is 529 g/mol. The molecule has 0 spiro atoms. The van der Waals surface area contributed by atoms with Crippen molar-refractivity contribution in [1.82, 2.24) is 10.6 Å². The molecule has 0 aliphatic carbocycles. The lowest BCUT2D eigenvalue weighted by Crippen LogP contribution is -2.51. The maximum atomic E-state index is 13.6. The molecular formula is C34H29N2O4. The Labute approximate surface area is 233 Å². The van der Waals surface area contributed by atoms with Gasteiger partial charge in [-0.15, -0.1) is 0 Å². The van der Waals surface area contributed by atoms with Crippen LogP contribution in [0.2, 0.25) is 0 Å². The molecule has 6 nitrogen and oxygen atoms in total. The van der Waals surface area contributed by atoms with Crippen molar-refractivity contribution in [2.45, 2.75) is 31.5 Å². The molecule has 0 aliphatic heterocycles. The van der Waals surface area contributed by atoms with E-state index in [4.69, 9.17) is 4.74 Å². The first-order chi connectivity index (χ1) is 19.6. The highest BCUT2D eigenvalue weighted by molar-refractivity contribution is 5.91. The van der Waals surface area contributed by atoms with Gasteiger partial charge in [-0.3, -0.25) is 9.59 Å². The van der Waals surface area contributed by atoms with E-state index in [1.165, 1.54) is 0 Å². The van der Waals surface area contributed by atoms with Gasteiger partial charge in [-0.05, 0) is 38.2 Å². The van der Waals surface area contributed by atoms with Gasteiger partial charge in [-0.1, -0.05) is 115 Å². The van der Waals surface area contributed by atoms with Crippen molar-refractivity contribution in [1.29, 1.82) is 0 Å². The number of hydrogen-bond donors (Lipinski definition) is 2. The van der Waals surface area contributed by atoms with Crippen LogP contribution in [0.25, 0.3) is 21.5 Å². The summed E-state index contributed by atoms with van der Waals surface area (Å²) < 4.78 is 5.40. The summed E-state index contributed by atoms with van der Waals surface area (Å²) in [5, 5.41) is 9.58. The molecule has 0 heterocycles. The molecule has 6 heteroatoms. The molecule has 5 aromatic carbocycles. The first kappa shape index (κ1) is 26.6. The zero-order valence-electron chi connectivity index (χ0n) is 21.9. The summed E-state index contributed by atoms with van der Waals surface area (Å²) in [6.45, 7) is 0.0705. The molecule has 2 unspecified atom stereocenters. The highest BCUT2D eigenvalue weighted by Crippen LogP contribution is 2.21. The van der Waals surface area contributed by atoms with E-state index in [0.29, 0.717) is 0 Å². The number of hydrogen-bond acceptors (Lipinski definition) is 4. The van der Waals surface area contributed by atoms with E-state index >= 15 is 0 Å². The molecule has 0 bridgehead atoms. The van der Waals surface area contributed by atoms with E-state index in [2.05, 4.69) is 10.6 Å². The summed E-state index contributed by atoms with van der Waals surface area (Å²) in [4.78, 5) is 38.3. The second kappa shape index (κ2) is 12.7. The summed E-state index contributed by atoms with van der Waals surface area (Å²) in [5.41, 5.74) is 2.65. The number of rotatable bonds is 10. The van der Waals surface area contributed by atoms with Crippen LogP contribution in [0.3, 0.4) is 0 Å². The fourth-order valence-corrected chi connectivity index (χ4v) is 4.89. The van der Waals surface area contributed by atoms with Gasteiger partial charge in [0.25, 0.3) is 0 Å². The lowest BCUT2D eigenvalue weighted by atomic mass is 9.97. The van der Waals surface area contributed by atoms with Crippen molar-refractivity contribution in [2.24, 2.45) is 0 Å². The summed E-state index contributed by atoms with van der Waals surface area (Å²) >= 11 is 0. The van der Waals surface area contributed by atoms with Crippen LogP contribution in [0.4, 0.5) is 4.79 Å². The summed E-state index contributed by atoms with van der Waals surface area (Å²) in [5.74, 6) is -0.488. The third-order valence-corrected chi connectivity index (χ3v) is 6.89. The Balaban J connectivity index is 1.34. The van der Waals surface area contributed by atoms with Crippen LogP contribution < -0.4 is 10.6 Å². The molecule has 199 valence electrons. The van der Waals surface area contributed by atoms with Crippen LogP contribution in [0.15, 0.2) is 115 Å². The quantitative estimate of drug-likeness (QED) is 0.244. The van der Waals surface area contributed by atoms with Crippen molar-refractivity contribution >= 4 is 39.8 Å². The highest BCUT2D eigenvalue weighted by Gasteiger charge is 2.26. The molecule has 0 aliphatic rings. The normalized spacial score (nSPS) is 12.4. The largest absolute Gasteiger partial charge is 0.445 e. The molecule has 5 rings (SSSR count). The van der Waals surface area contributed by atoms with Crippen LogP contribution in [-0.2, 0) is 33.8 Å². The second-order valence-electron chi connectivity index (χ2n) is 9.62. The standard InChI is InChI=1S/C34H29N2O4/c37-22-29(20-27-16-8-14-25-12-4-6-18-30(25)27)35-33(38)32(36-34(39)40-23-24-10-2-1-3-11-24)21-28-17-9-15-26-13-5-7-19-31(26)28/h1-19,29,32H,20-21,23H2,(H,35,38)(H,36,39). The Bertz CT molecular complexity index is 1620. The van der Waals surface area contributed by atoms with Crippen LogP contribution >= 0.6 is 0 Å². The lowest BCUT2D eigenvalue weighted by Gasteiger charge is -2.21. The van der Waals surface area contributed by atoms with Gasteiger partial charge in [0.2, 0.25) is 12.2 Å². The Morgan fingerprint density at radius 2 is 1.20 bits per heavy atom. The number of carbonyl (C=O) groups is 2. The SMILES string of the molecule is O=[C]C(Cc1cccc2ccccc12)NC(=O)C(Cc1cccc2ccccc12)NC(=O)OCc1ccccc1. The van der Waals surface area contributed by atoms with Gasteiger partial charge >= 0.3 is 6.09 Å². The van der Waals surface area contributed by atoms with Gasteiger partial charge in [0.15, 0.2) is 0 Å². The summed E-state index contributed by atoms with van der Waals surface area (Å²) in [6.07, 6.45) is 1.74. The van der Waals surface area contributed by atoms with Crippen molar-refractivity contribution in [3.8, 4) is 0 Å². The van der Waals surface area contributed by atoms with Crippen LogP contribution in [0.5, 0.6) is 0 Å². The summed E-state index contributed by atoms with van der Waals surface area (Å²) in [7, 11) is 0. The van der Waals surface area contributed by atoms with Crippen LogP contribution in [0, 0.1) is 0 Å². The average Bonchev–Trinajstić information content (AvgIpc) is 3.00. The molecule has 0 fully saturated rings. The van der Waals surface area contributed by atoms with E-state index in [-0.39, 0.29) is 19.4 Å². The summed E-state index contributed by atoms with van der Waals surface area (Å²) in [6, 6.07) is 34.9. The van der Waals surface area contributed by atoms with Gasteiger partial charge < -0.3 is 15.4 Å². The van der Waals surface area contributed by atoms with E-state index in [0.717, 1.165) is 38.2 Å². The Hall–Kier alpha value is -4.97. The van der Waals surface area contributed by atoms with Crippen molar-refractivity contribution in [3.05, 3.63) is 132 Å². The molecule has 2 amide bonds. The topological polar surface area (TPSA) is 84.5 Å². The first-order valence-corrected chi connectivity index (χ1v) is 13.2. The molecule has 2 N–H and O–H groups in total. The molecule has 5 aromatic rings. The fraction of sp³-hybridized carbons (Fsp3) is 0.147. The first-order valence-electron chi connectivity index (χ1n) is 13.2. The Morgan fingerprint density at radius 1 is 0.650 bits per heavy atom. The zero-order chi connectivity index (χ0) is 27.7. The van der Waals surface area contributed by atoms with Gasteiger partial charge in [-0.25, -0.2) is 4.79 Å². The van der Waals surface area contributed by atoms with Crippen molar-refractivity contribution in [2.75, 3.05) is 0 Å². The number of amides is 2. The minimum Gasteiger partial charge on any atom is -0.445 e. The third-order valence-electron chi connectivity index (χ3n) is 6.89. The van der Waals surface area contributed by atoms with E-state index in [9.17, 15) is 14.4 Å².